The highest BCUT2D eigenvalue weighted by molar-refractivity contribution is 5.53. The Morgan fingerprint density at radius 2 is 2.14 bits per heavy atom. The van der Waals surface area contributed by atoms with Crippen LogP contribution < -0.4 is 0 Å². The van der Waals surface area contributed by atoms with Crippen LogP contribution in [-0.2, 0) is 6.61 Å². The molecule has 0 unspecified atom stereocenters. The minimum atomic E-state index is -0.0215. The van der Waals surface area contributed by atoms with E-state index in [1.165, 1.54) is 0 Å². The number of aliphatic hydroxyl groups excluding tert-OH is 1. The molecule has 0 aromatic carbocycles. The molecule has 0 bridgehead atoms. The van der Waals surface area contributed by atoms with Gasteiger partial charge in [-0.15, -0.1) is 0 Å². The molecule has 0 saturated heterocycles. The summed E-state index contributed by atoms with van der Waals surface area (Å²) in [7, 11) is 0. The van der Waals surface area contributed by atoms with E-state index in [2.05, 4.69) is 15.0 Å². The summed E-state index contributed by atoms with van der Waals surface area (Å²) in [6, 6.07) is 3.87. The van der Waals surface area contributed by atoms with Crippen LogP contribution in [0.15, 0.2) is 24.5 Å². The van der Waals surface area contributed by atoms with Gasteiger partial charge >= 0.3 is 0 Å². The molecule has 0 aliphatic heterocycles. The number of aliphatic hydroxyl groups is 1. The van der Waals surface area contributed by atoms with Gasteiger partial charge in [-0.25, -0.2) is 4.98 Å². The summed E-state index contributed by atoms with van der Waals surface area (Å²) in [6.07, 6.45) is 3.38. The molecule has 2 aromatic rings. The Labute approximate surface area is 81.7 Å². The van der Waals surface area contributed by atoms with Crippen molar-refractivity contribution in [3.8, 4) is 11.4 Å². The van der Waals surface area contributed by atoms with Gasteiger partial charge in [0.1, 0.15) is 5.82 Å². The van der Waals surface area contributed by atoms with Crippen LogP contribution in [0, 0.1) is 6.92 Å². The van der Waals surface area contributed by atoms with Crippen molar-refractivity contribution in [2.75, 3.05) is 0 Å². The molecule has 0 aliphatic carbocycles. The lowest BCUT2D eigenvalue weighted by atomic mass is 10.2. The molecule has 0 atom stereocenters. The van der Waals surface area contributed by atoms with Gasteiger partial charge in [0.05, 0.1) is 18.5 Å². The van der Waals surface area contributed by atoms with Crippen LogP contribution in [0.3, 0.4) is 0 Å². The van der Waals surface area contributed by atoms with Crippen molar-refractivity contribution in [2.24, 2.45) is 0 Å². The fourth-order valence-electron chi connectivity index (χ4n) is 1.19. The highest BCUT2D eigenvalue weighted by Crippen LogP contribution is 2.14. The zero-order valence-electron chi connectivity index (χ0n) is 7.86. The Morgan fingerprint density at radius 1 is 1.29 bits per heavy atom. The van der Waals surface area contributed by atoms with Gasteiger partial charge in [0.25, 0.3) is 0 Å². The van der Waals surface area contributed by atoms with Gasteiger partial charge in [-0.1, -0.05) is 0 Å². The quantitative estimate of drug-likeness (QED) is 0.747. The number of nitrogens with one attached hydrogen (secondary N) is 1. The number of hydrogen-bond acceptors (Lipinski definition) is 3. The monoisotopic (exact) mass is 189 g/mol. The van der Waals surface area contributed by atoms with Gasteiger partial charge < -0.3 is 10.1 Å². The van der Waals surface area contributed by atoms with Crippen molar-refractivity contribution in [3.05, 3.63) is 35.9 Å². The van der Waals surface area contributed by atoms with Gasteiger partial charge in [-0.2, -0.15) is 0 Å². The second-order valence-electron chi connectivity index (χ2n) is 3.10. The first-order valence-electron chi connectivity index (χ1n) is 4.37. The van der Waals surface area contributed by atoms with E-state index >= 15 is 0 Å². The number of hydrogen-bond donors (Lipinski definition) is 2. The van der Waals surface area contributed by atoms with E-state index in [0.29, 0.717) is 5.69 Å². The van der Waals surface area contributed by atoms with E-state index in [1.54, 1.807) is 12.4 Å². The molecule has 2 rings (SSSR count). The fraction of sp³-hybridized carbons (Fsp3) is 0.200. The predicted molar refractivity (Wildman–Crippen MR) is 52.5 cm³/mol. The molecule has 0 radical (unpaired) electrons. The largest absolute Gasteiger partial charge is 0.390 e. The molecule has 4 heteroatoms. The van der Waals surface area contributed by atoms with Crippen LogP contribution in [0.4, 0.5) is 0 Å². The number of H-pyrrole nitrogens is 1. The summed E-state index contributed by atoms with van der Waals surface area (Å²) in [5, 5.41) is 8.86. The Balaban J connectivity index is 2.34. The summed E-state index contributed by atoms with van der Waals surface area (Å²) in [6.45, 7) is 1.91. The maximum Gasteiger partial charge on any atom is 0.139 e. The van der Waals surface area contributed by atoms with Crippen molar-refractivity contribution in [1.82, 2.24) is 15.0 Å². The lowest BCUT2D eigenvalue weighted by Crippen LogP contribution is -1.85. The van der Waals surface area contributed by atoms with Crippen molar-refractivity contribution in [3.63, 3.8) is 0 Å². The van der Waals surface area contributed by atoms with E-state index in [-0.39, 0.29) is 6.61 Å². The Morgan fingerprint density at radius 3 is 2.71 bits per heavy atom. The normalized spacial score (nSPS) is 10.4. The van der Waals surface area contributed by atoms with E-state index in [1.807, 2.05) is 19.1 Å². The van der Waals surface area contributed by atoms with Crippen molar-refractivity contribution in [2.45, 2.75) is 13.5 Å². The maximum atomic E-state index is 8.86. The number of imidazole rings is 1. The SMILES string of the molecule is Cc1ccc(-c2ncc(CO)[nH]2)cn1. The molecule has 0 aliphatic rings. The summed E-state index contributed by atoms with van der Waals surface area (Å²) < 4.78 is 0. The molecule has 2 aromatic heterocycles. The number of aryl methyl sites for hydroxylation is 1. The standard InChI is InChI=1S/C10H11N3O/c1-7-2-3-8(4-11-7)10-12-5-9(6-14)13-10/h2-5,14H,6H2,1H3,(H,12,13). The van der Waals surface area contributed by atoms with E-state index in [4.69, 9.17) is 5.11 Å². The third kappa shape index (κ3) is 1.65. The molecule has 4 nitrogen and oxygen atoms in total. The van der Waals surface area contributed by atoms with Crippen molar-refractivity contribution in [1.29, 1.82) is 0 Å². The first kappa shape index (κ1) is 8.90. The highest BCUT2D eigenvalue weighted by Gasteiger charge is 2.02. The minimum absolute atomic E-state index is 0.0215. The topological polar surface area (TPSA) is 61.8 Å². The van der Waals surface area contributed by atoms with Gasteiger partial charge in [-0.3, -0.25) is 4.98 Å². The van der Waals surface area contributed by atoms with Crippen LogP contribution >= 0.6 is 0 Å². The van der Waals surface area contributed by atoms with Crippen LogP contribution in [0.5, 0.6) is 0 Å². The average Bonchev–Trinajstić information content (AvgIpc) is 2.67. The second-order valence-corrected chi connectivity index (χ2v) is 3.10. The number of pyridine rings is 1. The number of aromatic nitrogens is 3. The molecule has 0 amide bonds. The van der Waals surface area contributed by atoms with Gasteiger partial charge in [0, 0.05) is 17.5 Å². The summed E-state index contributed by atoms with van der Waals surface area (Å²) in [5.41, 5.74) is 2.61. The maximum absolute atomic E-state index is 8.86. The van der Waals surface area contributed by atoms with E-state index in [9.17, 15) is 0 Å². The predicted octanol–water partition coefficient (Wildman–Crippen LogP) is 1.27. The third-order valence-electron chi connectivity index (χ3n) is 1.98. The summed E-state index contributed by atoms with van der Waals surface area (Å²) in [4.78, 5) is 11.3. The zero-order chi connectivity index (χ0) is 9.97. The van der Waals surface area contributed by atoms with E-state index in [0.717, 1.165) is 17.1 Å². The second kappa shape index (κ2) is 3.59. The molecule has 2 heterocycles. The lowest BCUT2D eigenvalue weighted by molar-refractivity contribution is 0.277. The average molecular weight is 189 g/mol. The molecule has 0 saturated carbocycles. The molecule has 72 valence electrons. The first-order chi connectivity index (χ1) is 6.79. The molecule has 0 fully saturated rings. The van der Waals surface area contributed by atoms with Gasteiger partial charge in [0.2, 0.25) is 0 Å². The lowest BCUT2D eigenvalue weighted by Gasteiger charge is -1.96. The molecule has 2 N–H and O–H groups in total. The van der Waals surface area contributed by atoms with Crippen LogP contribution in [0.1, 0.15) is 11.4 Å². The first-order valence-corrected chi connectivity index (χ1v) is 4.37. The Kier molecular flexibility index (Phi) is 2.28. The molecule has 14 heavy (non-hydrogen) atoms. The third-order valence-corrected chi connectivity index (χ3v) is 1.98. The van der Waals surface area contributed by atoms with E-state index < -0.39 is 0 Å². The number of aromatic amines is 1. The fourth-order valence-corrected chi connectivity index (χ4v) is 1.19. The van der Waals surface area contributed by atoms with Crippen LogP contribution in [-0.4, -0.2) is 20.1 Å². The van der Waals surface area contributed by atoms with Crippen molar-refractivity contribution >= 4 is 0 Å². The summed E-state index contributed by atoms with van der Waals surface area (Å²) >= 11 is 0. The number of rotatable bonds is 2. The number of nitrogens with zero attached hydrogens (tertiary/aromatic N) is 2. The van der Waals surface area contributed by atoms with Crippen LogP contribution in [0.2, 0.25) is 0 Å². The summed E-state index contributed by atoms with van der Waals surface area (Å²) in [5.74, 6) is 0.738. The van der Waals surface area contributed by atoms with Crippen LogP contribution in [0.25, 0.3) is 11.4 Å². The Hall–Kier alpha value is -1.68. The van der Waals surface area contributed by atoms with Crippen molar-refractivity contribution < 1.29 is 5.11 Å². The smallest absolute Gasteiger partial charge is 0.139 e. The minimum Gasteiger partial charge on any atom is -0.390 e. The van der Waals surface area contributed by atoms with Gasteiger partial charge in [-0.05, 0) is 19.1 Å². The molecular weight excluding hydrogens is 178 g/mol. The molecule has 0 spiro atoms. The highest BCUT2D eigenvalue weighted by atomic mass is 16.3. The zero-order valence-corrected chi connectivity index (χ0v) is 7.86. The molecular formula is C10H11N3O. The Bertz CT molecular complexity index is 419. The van der Waals surface area contributed by atoms with Gasteiger partial charge in [0.15, 0.2) is 0 Å².